The molecule has 2 heteroatoms. The molecule has 0 radical (unpaired) electrons. The molecule has 1 N–H and O–H groups in total. The molecule has 0 amide bonds. The molecule has 0 saturated heterocycles. The molecule has 0 aliphatic rings. The molecule has 1 aromatic rings. The highest BCUT2D eigenvalue weighted by molar-refractivity contribution is 5.14. The molecule has 0 aliphatic heterocycles. The average Bonchev–Trinajstić information content (AvgIpc) is 2.28. The van der Waals surface area contributed by atoms with Crippen LogP contribution in [-0.4, -0.2) is 5.54 Å². The number of benzene rings is 1. The van der Waals surface area contributed by atoms with Gasteiger partial charge in [-0.3, -0.25) is 0 Å². The van der Waals surface area contributed by atoms with Gasteiger partial charge in [-0.15, -0.1) is 0 Å². The van der Waals surface area contributed by atoms with Gasteiger partial charge in [-0.05, 0) is 18.9 Å². The van der Waals surface area contributed by atoms with Crippen LogP contribution in [0.3, 0.4) is 0 Å². The monoisotopic (exact) mass is 202 g/mol. The average molecular weight is 202 g/mol. The lowest BCUT2D eigenvalue weighted by molar-refractivity contribution is 0.347. The van der Waals surface area contributed by atoms with Crippen LogP contribution >= 0.6 is 0 Å². The zero-order valence-corrected chi connectivity index (χ0v) is 9.46. The highest BCUT2D eigenvalue weighted by Gasteiger charge is 2.20. The summed E-state index contributed by atoms with van der Waals surface area (Å²) in [6.45, 7) is 5.03. The first-order valence-electron chi connectivity index (χ1n) is 5.36. The number of nitriles is 1. The minimum atomic E-state index is -0.0649. The summed E-state index contributed by atoms with van der Waals surface area (Å²) in [5, 5.41) is 12.2. The Morgan fingerprint density at radius 1 is 1.33 bits per heavy atom. The number of nitrogens with one attached hydrogen (secondary N) is 1. The van der Waals surface area contributed by atoms with Crippen LogP contribution in [0.4, 0.5) is 0 Å². The van der Waals surface area contributed by atoms with E-state index < -0.39 is 0 Å². The fourth-order valence-corrected chi connectivity index (χ4v) is 1.40. The molecule has 80 valence electrons. The molecular formula is C13H18N2. The van der Waals surface area contributed by atoms with Gasteiger partial charge in [0.05, 0.1) is 12.5 Å². The van der Waals surface area contributed by atoms with E-state index in [1.165, 1.54) is 5.56 Å². The molecule has 0 saturated carbocycles. The van der Waals surface area contributed by atoms with E-state index in [2.05, 4.69) is 37.4 Å². The van der Waals surface area contributed by atoms with Gasteiger partial charge in [-0.2, -0.15) is 5.26 Å². The molecule has 0 heterocycles. The predicted molar refractivity (Wildman–Crippen MR) is 62.2 cm³/mol. The molecule has 1 unspecified atom stereocenters. The Balaban J connectivity index is 2.52. The Bertz CT molecular complexity index is 326. The van der Waals surface area contributed by atoms with Crippen molar-refractivity contribution < 1.29 is 0 Å². The molecule has 0 bridgehead atoms. The van der Waals surface area contributed by atoms with Crippen LogP contribution in [0.2, 0.25) is 0 Å². The van der Waals surface area contributed by atoms with E-state index in [-0.39, 0.29) is 5.54 Å². The second-order valence-electron chi connectivity index (χ2n) is 4.09. The van der Waals surface area contributed by atoms with Crippen LogP contribution in [0.15, 0.2) is 30.3 Å². The topological polar surface area (TPSA) is 35.8 Å². The fourth-order valence-electron chi connectivity index (χ4n) is 1.40. The van der Waals surface area contributed by atoms with Gasteiger partial charge in [-0.25, -0.2) is 0 Å². The standard InChI is InChI=1S/C13H18N2/c1-3-13(2,9-10-14)15-11-12-7-5-4-6-8-12/h4-8,15H,3,9,11H2,1-2H3. The summed E-state index contributed by atoms with van der Waals surface area (Å²) < 4.78 is 0. The third kappa shape index (κ3) is 3.73. The van der Waals surface area contributed by atoms with Gasteiger partial charge >= 0.3 is 0 Å². The van der Waals surface area contributed by atoms with Crippen molar-refractivity contribution in [3.8, 4) is 6.07 Å². The number of hydrogen-bond acceptors (Lipinski definition) is 2. The minimum absolute atomic E-state index is 0.0649. The van der Waals surface area contributed by atoms with Crippen LogP contribution in [0.25, 0.3) is 0 Å². The van der Waals surface area contributed by atoms with E-state index in [0.717, 1.165) is 13.0 Å². The smallest absolute Gasteiger partial charge is 0.0641 e. The van der Waals surface area contributed by atoms with E-state index in [4.69, 9.17) is 5.26 Å². The van der Waals surface area contributed by atoms with Crippen molar-refractivity contribution in [2.45, 2.75) is 38.8 Å². The van der Waals surface area contributed by atoms with Gasteiger partial charge < -0.3 is 5.32 Å². The van der Waals surface area contributed by atoms with E-state index >= 15 is 0 Å². The van der Waals surface area contributed by atoms with Gasteiger partial charge in [-0.1, -0.05) is 37.3 Å². The number of nitrogens with zero attached hydrogens (tertiary/aromatic N) is 1. The summed E-state index contributed by atoms with van der Waals surface area (Å²) >= 11 is 0. The summed E-state index contributed by atoms with van der Waals surface area (Å²) in [6.07, 6.45) is 1.52. The highest BCUT2D eigenvalue weighted by Crippen LogP contribution is 2.14. The summed E-state index contributed by atoms with van der Waals surface area (Å²) in [7, 11) is 0. The molecule has 1 aromatic carbocycles. The summed E-state index contributed by atoms with van der Waals surface area (Å²) in [6, 6.07) is 12.5. The number of hydrogen-bond donors (Lipinski definition) is 1. The van der Waals surface area contributed by atoms with Crippen molar-refractivity contribution in [2.24, 2.45) is 0 Å². The first-order chi connectivity index (χ1) is 7.20. The van der Waals surface area contributed by atoms with E-state index in [1.54, 1.807) is 0 Å². The second kappa shape index (κ2) is 5.53. The maximum Gasteiger partial charge on any atom is 0.0641 e. The third-order valence-electron chi connectivity index (χ3n) is 2.81. The molecule has 15 heavy (non-hydrogen) atoms. The Hall–Kier alpha value is -1.33. The van der Waals surface area contributed by atoms with Gasteiger partial charge in [0.2, 0.25) is 0 Å². The Morgan fingerprint density at radius 2 is 2.00 bits per heavy atom. The molecule has 2 nitrogen and oxygen atoms in total. The van der Waals surface area contributed by atoms with Crippen molar-refractivity contribution in [1.29, 1.82) is 5.26 Å². The Kier molecular flexibility index (Phi) is 4.33. The predicted octanol–water partition coefficient (Wildman–Crippen LogP) is 2.86. The lowest BCUT2D eigenvalue weighted by Gasteiger charge is -2.27. The van der Waals surface area contributed by atoms with Gasteiger partial charge in [0, 0.05) is 12.1 Å². The van der Waals surface area contributed by atoms with E-state index in [0.29, 0.717) is 6.42 Å². The molecule has 0 spiro atoms. The molecule has 0 aromatic heterocycles. The van der Waals surface area contributed by atoms with E-state index in [1.807, 2.05) is 18.2 Å². The Labute approximate surface area is 91.9 Å². The van der Waals surface area contributed by atoms with Crippen molar-refractivity contribution in [3.63, 3.8) is 0 Å². The van der Waals surface area contributed by atoms with Crippen LogP contribution in [0.5, 0.6) is 0 Å². The lowest BCUT2D eigenvalue weighted by atomic mass is 9.95. The van der Waals surface area contributed by atoms with Crippen LogP contribution in [0, 0.1) is 11.3 Å². The summed E-state index contributed by atoms with van der Waals surface area (Å²) in [5.74, 6) is 0. The first-order valence-corrected chi connectivity index (χ1v) is 5.36. The summed E-state index contributed by atoms with van der Waals surface area (Å²) in [5.41, 5.74) is 1.19. The normalized spacial score (nSPS) is 14.2. The van der Waals surface area contributed by atoms with Gasteiger partial charge in [0.1, 0.15) is 0 Å². The zero-order valence-electron chi connectivity index (χ0n) is 9.46. The lowest BCUT2D eigenvalue weighted by Crippen LogP contribution is -2.40. The van der Waals surface area contributed by atoms with Crippen LogP contribution in [-0.2, 0) is 6.54 Å². The van der Waals surface area contributed by atoms with Crippen LogP contribution in [0.1, 0.15) is 32.3 Å². The first kappa shape index (κ1) is 11.7. The van der Waals surface area contributed by atoms with E-state index in [9.17, 15) is 0 Å². The third-order valence-corrected chi connectivity index (χ3v) is 2.81. The second-order valence-corrected chi connectivity index (χ2v) is 4.09. The molecule has 0 aliphatic carbocycles. The zero-order chi connectivity index (χ0) is 11.1. The van der Waals surface area contributed by atoms with Crippen molar-refractivity contribution in [2.75, 3.05) is 0 Å². The molecular weight excluding hydrogens is 184 g/mol. The van der Waals surface area contributed by atoms with Gasteiger partial charge in [0.15, 0.2) is 0 Å². The summed E-state index contributed by atoms with van der Waals surface area (Å²) in [4.78, 5) is 0. The number of rotatable bonds is 5. The van der Waals surface area contributed by atoms with Crippen molar-refractivity contribution in [1.82, 2.24) is 5.32 Å². The maximum absolute atomic E-state index is 8.74. The highest BCUT2D eigenvalue weighted by atomic mass is 15.0. The minimum Gasteiger partial charge on any atom is -0.306 e. The molecule has 1 atom stereocenters. The SMILES string of the molecule is CCC(C)(CC#N)NCc1ccccc1. The van der Waals surface area contributed by atoms with Crippen molar-refractivity contribution in [3.05, 3.63) is 35.9 Å². The molecule has 0 fully saturated rings. The van der Waals surface area contributed by atoms with Crippen LogP contribution < -0.4 is 5.32 Å². The molecule has 1 rings (SSSR count). The maximum atomic E-state index is 8.74. The quantitative estimate of drug-likeness (QED) is 0.797. The fraction of sp³-hybridized carbons (Fsp3) is 0.462. The van der Waals surface area contributed by atoms with Gasteiger partial charge in [0.25, 0.3) is 0 Å². The van der Waals surface area contributed by atoms with Crippen molar-refractivity contribution >= 4 is 0 Å². The largest absolute Gasteiger partial charge is 0.306 e. The Morgan fingerprint density at radius 3 is 2.53 bits per heavy atom.